The summed E-state index contributed by atoms with van der Waals surface area (Å²) >= 11 is 5.97. The zero-order valence-corrected chi connectivity index (χ0v) is 12.4. The molecule has 2 nitrogen and oxygen atoms in total. The molecule has 0 amide bonds. The molecule has 4 aromatic rings. The van der Waals surface area contributed by atoms with Crippen molar-refractivity contribution in [2.24, 2.45) is 0 Å². The number of rotatable bonds is 2. The molecule has 0 radical (unpaired) electrons. The van der Waals surface area contributed by atoms with Crippen molar-refractivity contribution in [2.75, 3.05) is 0 Å². The van der Waals surface area contributed by atoms with Crippen molar-refractivity contribution in [2.45, 2.75) is 0 Å². The maximum atomic E-state index is 5.97. The molecule has 3 aromatic carbocycles. The third-order valence-electron chi connectivity index (χ3n) is 3.59. The summed E-state index contributed by atoms with van der Waals surface area (Å²) in [6, 6.07) is 20.0. The van der Waals surface area contributed by atoms with E-state index >= 15 is 0 Å². The lowest BCUT2D eigenvalue weighted by atomic mass is 10.0. The number of halogens is 1. The van der Waals surface area contributed by atoms with E-state index in [9.17, 15) is 0 Å². The van der Waals surface area contributed by atoms with Crippen LogP contribution in [-0.2, 0) is 0 Å². The lowest BCUT2D eigenvalue weighted by molar-refractivity contribution is 0.590. The molecule has 0 saturated heterocycles. The number of hydrogen-bond donors (Lipinski definition) is 0. The average molecular weight is 306 g/mol. The molecule has 4 rings (SSSR count). The zero-order valence-electron chi connectivity index (χ0n) is 11.7. The van der Waals surface area contributed by atoms with Crippen LogP contribution in [0.3, 0.4) is 0 Å². The van der Waals surface area contributed by atoms with E-state index in [1.54, 1.807) is 12.1 Å². The normalized spacial score (nSPS) is 11.7. The van der Waals surface area contributed by atoms with Crippen molar-refractivity contribution >= 4 is 45.6 Å². The Morgan fingerprint density at radius 1 is 0.909 bits per heavy atom. The summed E-state index contributed by atoms with van der Waals surface area (Å²) in [4.78, 5) is 4.43. The lowest BCUT2D eigenvalue weighted by Crippen LogP contribution is -1.77. The highest BCUT2D eigenvalue weighted by molar-refractivity contribution is 6.31. The summed E-state index contributed by atoms with van der Waals surface area (Å²) in [6.07, 6.45) is 3.91. The van der Waals surface area contributed by atoms with Crippen molar-refractivity contribution < 1.29 is 4.42 Å². The maximum Gasteiger partial charge on any atom is 0.220 e. The van der Waals surface area contributed by atoms with Crippen LogP contribution < -0.4 is 0 Å². The molecule has 22 heavy (non-hydrogen) atoms. The van der Waals surface area contributed by atoms with Crippen LogP contribution in [0.15, 0.2) is 65.1 Å². The van der Waals surface area contributed by atoms with Gasteiger partial charge in [0.05, 0.1) is 0 Å². The van der Waals surface area contributed by atoms with E-state index in [-0.39, 0.29) is 0 Å². The van der Waals surface area contributed by atoms with Gasteiger partial charge in [-0.3, -0.25) is 0 Å². The molecule has 0 spiro atoms. The Bertz CT molecular complexity index is 995. The highest BCUT2D eigenvalue weighted by Gasteiger charge is 2.04. The third kappa shape index (κ3) is 2.38. The van der Waals surface area contributed by atoms with Crippen LogP contribution in [0.2, 0.25) is 5.02 Å². The molecule has 0 saturated carbocycles. The van der Waals surface area contributed by atoms with Crippen LogP contribution in [-0.4, -0.2) is 4.98 Å². The van der Waals surface area contributed by atoms with Gasteiger partial charge < -0.3 is 4.42 Å². The minimum atomic E-state index is 0.574. The number of aromatic nitrogens is 1. The highest BCUT2D eigenvalue weighted by atomic mass is 35.5. The van der Waals surface area contributed by atoms with Crippen LogP contribution in [0.5, 0.6) is 0 Å². The van der Waals surface area contributed by atoms with Crippen LogP contribution in [0.25, 0.3) is 34.0 Å². The van der Waals surface area contributed by atoms with Crippen molar-refractivity contribution in [3.8, 4) is 0 Å². The summed E-state index contributed by atoms with van der Waals surface area (Å²) in [5.41, 5.74) is 2.64. The summed E-state index contributed by atoms with van der Waals surface area (Å²) < 4.78 is 5.70. The monoisotopic (exact) mass is 305 g/mol. The summed E-state index contributed by atoms with van der Waals surface area (Å²) in [6.45, 7) is 0. The number of fused-ring (bicyclic) bond motifs is 2. The van der Waals surface area contributed by atoms with Crippen molar-refractivity contribution in [1.82, 2.24) is 4.98 Å². The van der Waals surface area contributed by atoms with Gasteiger partial charge in [-0.25, -0.2) is 4.98 Å². The van der Waals surface area contributed by atoms with Gasteiger partial charge in [0.1, 0.15) is 5.52 Å². The second kappa shape index (κ2) is 5.32. The van der Waals surface area contributed by atoms with E-state index in [0.29, 0.717) is 10.9 Å². The van der Waals surface area contributed by atoms with E-state index in [1.807, 2.05) is 36.4 Å². The van der Waals surface area contributed by atoms with Gasteiger partial charge in [-0.05, 0) is 40.6 Å². The Hall–Kier alpha value is -2.58. The van der Waals surface area contributed by atoms with Gasteiger partial charge in [-0.1, -0.05) is 54.1 Å². The summed E-state index contributed by atoms with van der Waals surface area (Å²) in [5, 5.41) is 3.08. The standard InChI is InChI=1S/C19H12ClNO/c20-15-9-10-18-17(12-15)21-19(22-18)11-8-14-6-3-5-13-4-1-2-7-16(13)14/h1-12H/b11-8+. The molecule has 0 aliphatic heterocycles. The Morgan fingerprint density at radius 2 is 1.77 bits per heavy atom. The largest absolute Gasteiger partial charge is 0.437 e. The predicted octanol–water partition coefficient (Wildman–Crippen LogP) is 5.80. The molecule has 0 bridgehead atoms. The molecule has 0 aliphatic rings. The van der Waals surface area contributed by atoms with Crippen molar-refractivity contribution in [3.63, 3.8) is 0 Å². The molecule has 106 valence electrons. The van der Waals surface area contributed by atoms with Crippen LogP contribution in [0.1, 0.15) is 11.5 Å². The number of nitrogens with zero attached hydrogens (tertiary/aromatic N) is 1. The molecule has 0 fully saturated rings. The molecule has 3 heteroatoms. The Morgan fingerprint density at radius 3 is 2.73 bits per heavy atom. The van der Waals surface area contributed by atoms with E-state index in [1.165, 1.54) is 10.8 Å². The fraction of sp³-hybridized carbons (Fsp3) is 0. The fourth-order valence-electron chi connectivity index (χ4n) is 2.55. The maximum absolute atomic E-state index is 5.97. The molecule has 0 unspecified atom stereocenters. The molecule has 0 aliphatic carbocycles. The van der Waals surface area contributed by atoms with Gasteiger partial charge in [0.2, 0.25) is 5.89 Å². The van der Waals surface area contributed by atoms with Gasteiger partial charge in [-0.2, -0.15) is 0 Å². The Labute approximate surface area is 132 Å². The predicted molar refractivity (Wildman–Crippen MR) is 91.9 cm³/mol. The zero-order chi connectivity index (χ0) is 14.9. The van der Waals surface area contributed by atoms with Crippen molar-refractivity contribution in [3.05, 3.63) is 77.1 Å². The molecule has 0 N–H and O–H groups in total. The van der Waals surface area contributed by atoms with E-state index in [4.69, 9.17) is 16.0 Å². The molecular formula is C19H12ClNO. The first-order chi connectivity index (χ1) is 10.8. The topological polar surface area (TPSA) is 26.0 Å². The van der Waals surface area contributed by atoms with Gasteiger partial charge in [0.25, 0.3) is 0 Å². The quantitative estimate of drug-likeness (QED) is 0.467. The summed E-state index contributed by atoms with van der Waals surface area (Å²) in [7, 11) is 0. The van der Waals surface area contributed by atoms with Crippen molar-refractivity contribution in [1.29, 1.82) is 0 Å². The second-order valence-corrected chi connectivity index (χ2v) is 5.50. The third-order valence-corrected chi connectivity index (χ3v) is 3.83. The van der Waals surface area contributed by atoms with Crippen LogP contribution >= 0.6 is 11.6 Å². The first-order valence-corrected chi connectivity index (χ1v) is 7.39. The Balaban J connectivity index is 1.75. The Kier molecular flexibility index (Phi) is 3.17. The van der Waals surface area contributed by atoms with E-state index in [0.717, 1.165) is 16.7 Å². The van der Waals surface area contributed by atoms with E-state index in [2.05, 4.69) is 29.2 Å². The SMILES string of the molecule is Clc1ccc2oc(/C=C/c3cccc4ccccc34)nc2c1. The first-order valence-electron chi connectivity index (χ1n) is 7.01. The smallest absolute Gasteiger partial charge is 0.220 e. The number of oxazole rings is 1. The van der Waals surface area contributed by atoms with Gasteiger partial charge in [-0.15, -0.1) is 0 Å². The molecular weight excluding hydrogens is 294 g/mol. The first kappa shape index (κ1) is 13.1. The van der Waals surface area contributed by atoms with Crippen LogP contribution in [0.4, 0.5) is 0 Å². The molecule has 1 heterocycles. The average Bonchev–Trinajstić information content (AvgIpc) is 2.95. The lowest BCUT2D eigenvalue weighted by Gasteiger charge is -2.00. The van der Waals surface area contributed by atoms with Gasteiger partial charge >= 0.3 is 0 Å². The van der Waals surface area contributed by atoms with Crippen LogP contribution in [0, 0.1) is 0 Å². The highest BCUT2D eigenvalue weighted by Crippen LogP contribution is 2.23. The summed E-state index contributed by atoms with van der Waals surface area (Å²) in [5.74, 6) is 0.574. The molecule has 1 aromatic heterocycles. The van der Waals surface area contributed by atoms with Gasteiger partial charge in [0.15, 0.2) is 5.58 Å². The van der Waals surface area contributed by atoms with Gasteiger partial charge in [0, 0.05) is 11.1 Å². The van der Waals surface area contributed by atoms with E-state index < -0.39 is 0 Å². The number of hydrogen-bond acceptors (Lipinski definition) is 2. The number of benzene rings is 3. The second-order valence-electron chi connectivity index (χ2n) is 5.07. The molecule has 0 atom stereocenters. The minimum Gasteiger partial charge on any atom is -0.437 e. The minimum absolute atomic E-state index is 0.574. The fourth-order valence-corrected chi connectivity index (χ4v) is 2.71.